The fourth-order valence-electron chi connectivity index (χ4n) is 1.97. The number of thiazole rings is 1. The first-order valence-corrected chi connectivity index (χ1v) is 5.96. The van der Waals surface area contributed by atoms with Crippen LogP contribution >= 0.6 is 11.3 Å². The van der Waals surface area contributed by atoms with Crippen molar-refractivity contribution >= 4 is 22.0 Å². The van der Waals surface area contributed by atoms with Gasteiger partial charge in [0, 0.05) is 5.69 Å². The van der Waals surface area contributed by atoms with E-state index in [2.05, 4.69) is 41.5 Å². The summed E-state index contributed by atoms with van der Waals surface area (Å²) in [5.41, 5.74) is 3.84. The Labute approximate surface area is 93.0 Å². The first kappa shape index (κ1) is 8.92. The molecule has 2 nitrogen and oxygen atoms in total. The molecule has 1 N–H and O–H groups in total. The maximum Gasteiger partial charge on any atom is 0.116 e. The van der Waals surface area contributed by atoms with Crippen LogP contribution in [0.2, 0.25) is 0 Å². The van der Waals surface area contributed by atoms with Crippen LogP contribution in [-0.2, 0) is 12.8 Å². The van der Waals surface area contributed by atoms with Crippen LogP contribution in [0.5, 0.6) is 0 Å². The summed E-state index contributed by atoms with van der Waals surface area (Å²) >= 11 is 1.74. The van der Waals surface area contributed by atoms with Crippen molar-refractivity contribution < 1.29 is 0 Å². The van der Waals surface area contributed by atoms with Gasteiger partial charge in [-0.1, -0.05) is 18.2 Å². The zero-order chi connectivity index (χ0) is 10.3. The summed E-state index contributed by atoms with van der Waals surface area (Å²) in [6.45, 7) is 2.06. The predicted molar refractivity (Wildman–Crippen MR) is 64.0 cm³/mol. The first-order valence-electron chi connectivity index (χ1n) is 5.14. The van der Waals surface area contributed by atoms with E-state index in [9.17, 15) is 0 Å². The number of fused-ring (bicyclic) bond motifs is 2. The summed E-state index contributed by atoms with van der Waals surface area (Å²) in [5, 5.41) is 5.84. The van der Waals surface area contributed by atoms with Gasteiger partial charge in [0.15, 0.2) is 0 Å². The smallest absolute Gasteiger partial charge is 0.116 e. The number of aryl methyl sites for hydroxylation is 3. The average molecular weight is 216 g/mol. The fourth-order valence-corrected chi connectivity index (χ4v) is 2.85. The van der Waals surface area contributed by atoms with E-state index in [0.717, 1.165) is 17.8 Å². The van der Waals surface area contributed by atoms with Gasteiger partial charge in [-0.3, -0.25) is 0 Å². The lowest BCUT2D eigenvalue weighted by molar-refractivity contribution is 0.934. The number of anilines is 2. The molecule has 0 amide bonds. The van der Waals surface area contributed by atoms with Gasteiger partial charge >= 0.3 is 0 Å². The molecule has 1 aromatic carbocycles. The topological polar surface area (TPSA) is 24.9 Å². The quantitative estimate of drug-likeness (QED) is 0.731. The Balaban J connectivity index is 2.08. The molecule has 0 fully saturated rings. The number of hydrogen-bond acceptors (Lipinski definition) is 3. The lowest BCUT2D eigenvalue weighted by Crippen LogP contribution is -1.90. The van der Waals surface area contributed by atoms with Crippen molar-refractivity contribution in [3.63, 3.8) is 0 Å². The van der Waals surface area contributed by atoms with E-state index >= 15 is 0 Å². The monoisotopic (exact) mass is 216 g/mol. The van der Waals surface area contributed by atoms with Crippen LogP contribution in [0.15, 0.2) is 24.3 Å². The highest BCUT2D eigenvalue weighted by atomic mass is 32.1. The highest BCUT2D eigenvalue weighted by Crippen LogP contribution is 2.33. The second-order valence-electron chi connectivity index (χ2n) is 3.79. The molecule has 2 aromatic rings. The van der Waals surface area contributed by atoms with Gasteiger partial charge in [-0.2, -0.15) is 0 Å². The minimum Gasteiger partial charge on any atom is -0.345 e. The molecule has 0 atom stereocenters. The van der Waals surface area contributed by atoms with E-state index in [1.807, 2.05) is 0 Å². The highest BCUT2D eigenvalue weighted by molar-refractivity contribution is 7.15. The van der Waals surface area contributed by atoms with Gasteiger partial charge in [0.25, 0.3) is 0 Å². The molecule has 3 heteroatoms. The fraction of sp³-hybridized carbons (Fsp3) is 0.250. The van der Waals surface area contributed by atoms with Gasteiger partial charge in [0.05, 0.1) is 10.7 Å². The second-order valence-corrected chi connectivity index (χ2v) is 4.99. The van der Waals surface area contributed by atoms with Crippen molar-refractivity contribution in [2.45, 2.75) is 19.8 Å². The van der Waals surface area contributed by atoms with E-state index in [1.165, 1.54) is 21.9 Å². The number of hydrogen-bond donors (Lipinski definition) is 1. The van der Waals surface area contributed by atoms with Crippen molar-refractivity contribution in [3.05, 3.63) is 40.5 Å². The number of aromatic nitrogens is 1. The zero-order valence-corrected chi connectivity index (χ0v) is 9.40. The molecular formula is C12H12N2S. The number of nitrogens with zero attached hydrogens (tertiary/aromatic N) is 1. The lowest BCUT2D eigenvalue weighted by Gasteiger charge is -2.05. The summed E-state index contributed by atoms with van der Waals surface area (Å²) < 4.78 is 0. The molecule has 2 heterocycles. The van der Waals surface area contributed by atoms with Crippen LogP contribution in [0, 0.1) is 6.92 Å². The third-order valence-electron chi connectivity index (χ3n) is 2.70. The number of nitrogens with one attached hydrogen (secondary N) is 1. The largest absolute Gasteiger partial charge is 0.345 e. The highest BCUT2D eigenvalue weighted by Gasteiger charge is 2.15. The van der Waals surface area contributed by atoms with Crippen molar-refractivity contribution in [3.8, 4) is 0 Å². The van der Waals surface area contributed by atoms with Gasteiger partial charge in [0.1, 0.15) is 5.00 Å². The van der Waals surface area contributed by atoms with Crippen LogP contribution in [0.25, 0.3) is 0 Å². The van der Waals surface area contributed by atoms with Crippen molar-refractivity contribution in [2.24, 2.45) is 0 Å². The third kappa shape index (κ3) is 1.53. The van der Waals surface area contributed by atoms with Gasteiger partial charge in [-0.15, -0.1) is 11.3 Å². The molecule has 0 spiro atoms. The zero-order valence-electron chi connectivity index (χ0n) is 8.58. The van der Waals surface area contributed by atoms with E-state index < -0.39 is 0 Å². The Morgan fingerprint density at radius 2 is 2.13 bits per heavy atom. The summed E-state index contributed by atoms with van der Waals surface area (Å²) in [5.74, 6) is 0. The van der Waals surface area contributed by atoms with Crippen LogP contribution in [0.3, 0.4) is 0 Å². The minimum absolute atomic E-state index is 1.05. The van der Waals surface area contributed by atoms with Gasteiger partial charge < -0.3 is 5.32 Å². The van der Waals surface area contributed by atoms with Crippen LogP contribution in [0.4, 0.5) is 10.7 Å². The van der Waals surface area contributed by atoms with Crippen molar-refractivity contribution in [2.75, 3.05) is 5.32 Å². The summed E-state index contributed by atoms with van der Waals surface area (Å²) in [6.07, 6.45) is 2.13. The molecule has 1 aliphatic rings. The van der Waals surface area contributed by atoms with E-state index in [0.29, 0.717) is 0 Å². The van der Waals surface area contributed by atoms with Gasteiger partial charge in [-0.25, -0.2) is 4.98 Å². The molecule has 0 radical (unpaired) electrons. The number of benzene rings is 1. The lowest BCUT2D eigenvalue weighted by atomic mass is 10.1. The van der Waals surface area contributed by atoms with Gasteiger partial charge in [-0.05, 0) is 31.4 Å². The Morgan fingerprint density at radius 3 is 3.07 bits per heavy atom. The molecule has 3 rings (SSSR count). The molecule has 0 saturated heterocycles. The third-order valence-corrected chi connectivity index (χ3v) is 3.63. The normalized spacial score (nSPS) is 13.7. The Bertz CT molecular complexity index is 502. The molecule has 0 unspecified atom stereocenters. The molecule has 1 aliphatic heterocycles. The molecule has 0 aliphatic carbocycles. The molecule has 0 bridgehead atoms. The summed E-state index contributed by atoms with van der Waals surface area (Å²) in [6, 6.07) is 8.49. The Kier molecular flexibility index (Phi) is 1.99. The van der Waals surface area contributed by atoms with Crippen molar-refractivity contribution in [1.29, 1.82) is 0 Å². The minimum atomic E-state index is 1.05. The Morgan fingerprint density at radius 1 is 1.27 bits per heavy atom. The maximum absolute atomic E-state index is 4.55. The summed E-state index contributed by atoms with van der Waals surface area (Å²) in [4.78, 5) is 4.55. The van der Waals surface area contributed by atoms with E-state index in [1.54, 1.807) is 11.3 Å². The molecule has 1 aromatic heterocycles. The van der Waals surface area contributed by atoms with Crippen LogP contribution in [-0.4, -0.2) is 4.98 Å². The van der Waals surface area contributed by atoms with E-state index in [-0.39, 0.29) is 0 Å². The van der Waals surface area contributed by atoms with Crippen LogP contribution < -0.4 is 5.32 Å². The van der Waals surface area contributed by atoms with E-state index in [4.69, 9.17) is 0 Å². The first-order chi connectivity index (χ1) is 7.33. The average Bonchev–Trinajstić information content (AvgIpc) is 2.49. The maximum atomic E-state index is 4.55. The molecule has 76 valence electrons. The Hall–Kier alpha value is -1.35. The second kappa shape index (κ2) is 3.35. The summed E-state index contributed by atoms with van der Waals surface area (Å²) in [7, 11) is 0. The predicted octanol–water partition coefficient (Wildman–Crippen LogP) is 3.29. The van der Waals surface area contributed by atoms with Crippen LogP contribution in [0.1, 0.15) is 16.3 Å². The number of para-hydroxylation sites is 1. The molecule has 0 saturated carbocycles. The number of rotatable bonds is 0. The SMILES string of the molecule is Cc1nc2c(s1)Nc1ccccc1CC2. The van der Waals surface area contributed by atoms with Crippen molar-refractivity contribution in [1.82, 2.24) is 4.98 Å². The molecule has 15 heavy (non-hydrogen) atoms. The van der Waals surface area contributed by atoms with Gasteiger partial charge in [0.2, 0.25) is 0 Å². The standard InChI is InChI=1S/C12H12N2S/c1-8-13-11-7-6-9-4-2-3-5-10(9)14-12(11)15-8/h2-5,14H,6-7H2,1H3. The molecular weight excluding hydrogens is 204 g/mol.